The van der Waals surface area contributed by atoms with Crippen molar-refractivity contribution in [1.82, 2.24) is 5.32 Å². The summed E-state index contributed by atoms with van der Waals surface area (Å²) in [7, 11) is 0. The Labute approximate surface area is 118 Å². The molecule has 0 aliphatic heterocycles. The normalized spacial score (nSPS) is 11.2. The molecule has 0 fully saturated rings. The maximum absolute atomic E-state index is 11.7. The Morgan fingerprint density at radius 1 is 1.20 bits per heavy atom. The second-order valence-electron chi connectivity index (χ2n) is 4.86. The number of carbonyl (C=O) groups is 1. The van der Waals surface area contributed by atoms with Crippen molar-refractivity contribution < 1.29 is 24.9 Å². The first kappa shape index (κ1) is 16.4. The van der Waals surface area contributed by atoms with Crippen LogP contribution in [0.2, 0.25) is 0 Å². The highest BCUT2D eigenvalue weighted by atomic mass is 16.5. The predicted molar refractivity (Wildman–Crippen MR) is 73.5 cm³/mol. The van der Waals surface area contributed by atoms with Crippen molar-refractivity contribution in [3.05, 3.63) is 29.3 Å². The van der Waals surface area contributed by atoms with Gasteiger partial charge in [-0.3, -0.25) is 4.79 Å². The minimum atomic E-state index is -1.43. The number of benzene rings is 1. The molecule has 0 radical (unpaired) electrons. The van der Waals surface area contributed by atoms with E-state index in [1.165, 1.54) is 0 Å². The molecule has 20 heavy (non-hydrogen) atoms. The zero-order chi connectivity index (χ0) is 15.2. The first-order chi connectivity index (χ1) is 9.46. The first-order valence-electron chi connectivity index (χ1n) is 6.30. The summed E-state index contributed by atoms with van der Waals surface area (Å²) in [5, 5.41) is 29.7. The Morgan fingerprint density at radius 2 is 1.80 bits per heavy atom. The van der Waals surface area contributed by atoms with Gasteiger partial charge in [0.1, 0.15) is 11.3 Å². The van der Waals surface area contributed by atoms with Crippen LogP contribution < -0.4 is 10.1 Å². The van der Waals surface area contributed by atoms with E-state index in [0.717, 1.165) is 11.1 Å². The fourth-order valence-electron chi connectivity index (χ4n) is 1.61. The van der Waals surface area contributed by atoms with Crippen LogP contribution in [0.4, 0.5) is 0 Å². The summed E-state index contributed by atoms with van der Waals surface area (Å²) in [6.07, 6.45) is 0. The summed E-state index contributed by atoms with van der Waals surface area (Å²) in [6.45, 7) is 1.85. The van der Waals surface area contributed by atoms with E-state index >= 15 is 0 Å². The van der Waals surface area contributed by atoms with Crippen LogP contribution in [0.3, 0.4) is 0 Å². The Bertz CT molecular complexity index is 449. The third-order valence-corrected chi connectivity index (χ3v) is 3.01. The summed E-state index contributed by atoms with van der Waals surface area (Å²) in [4.78, 5) is 11.7. The molecule has 0 saturated carbocycles. The Hall–Kier alpha value is -1.63. The van der Waals surface area contributed by atoms with E-state index in [1.54, 1.807) is 0 Å². The molecule has 0 heterocycles. The van der Waals surface area contributed by atoms with Gasteiger partial charge in [-0.15, -0.1) is 0 Å². The lowest BCUT2D eigenvalue weighted by Gasteiger charge is -2.28. The van der Waals surface area contributed by atoms with E-state index in [4.69, 9.17) is 20.1 Å². The Balaban J connectivity index is 2.61. The Kier molecular flexibility index (Phi) is 5.94. The Morgan fingerprint density at radius 3 is 2.35 bits per heavy atom. The van der Waals surface area contributed by atoms with Gasteiger partial charge in [0.15, 0.2) is 6.61 Å². The van der Waals surface area contributed by atoms with Crippen LogP contribution in [0.15, 0.2) is 18.2 Å². The number of aliphatic hydroxyl groups excluding tert-OH is 3. The zero-order valence-corrected chi connectivity index (χ0v) is 11.7. The van der Waals surface area contributed by atoms with Crippen molar-refractivity contribution >= 4 is 5.91 Å². The lowest BCUT2D eigenvalue weighted by molar-refractivity contribution is -0.127. The lowest BCUT2D eigenvalue weighted by Crippen LogP contribution is -2.58. The van der Waals surface area contributed by atoms with Crippen LogP contribution in [0.1, 0.15) is 11.1 Å². The van der Waals surface area contributed by atoms with Gasteiger partial charge >= 0.3 is 0 Å². The number of nitrogens with one attached hydrogen (secondary N) is 1. The minimum Gasteiger partial charge on any atom is -0.483 e. The van der Waals surface area contributed by atoms with Crippen molar-refractivity contribution in [1.29, 1.82) is 0 Å². The lowest BCUT2D eigenvalue weighted by atomic mass is 10.0. The number of carbonyl (C=O) groups excluding carboxylic acids is 1. The molecule has 0 aliphatic carbocycles. The van der Waals surface area contributed by atoms with Gasteiger partial charge in [-0.1, -0.05) is 12.1 Å². The minimum absolute atomic E-state index is 0.258. The quantitative estimate of drug-likeness (QED) is 0.541. The van der Waals surface area contributed by atoms with Crippen LogP contribution in [0.25, 0.3) is 0 Å². The maximum atomic E-state index is 11.7. The van der Waals surface area contributed by atoms with Crippen LogP contribution in [0, 0.1) is 13.8 Å². The van der Waals surface area contributed by atoms with Crippen molar-refractivity contribution in [2.75, 3.05) is 26.4 Å². The topological polar surface area (TPSA) is 99.0 Å². The molecule has 6 nitrogen and oxygen atoms in total. The SMILES string of the molecule is Cc1ccc(C)c(OCC(=O)NC(CO)(CO)CO)c1. The molecule has 1 aromatic rings. The number of aryl methyl sites for hydroxylation is 2. The smallest absolute Gasteiger partial charge is 0.258 e. The van der Waals surface area contributed by atoms with Crippen LogP contribution in [-0.4, -0.2) is 53.2 Å². The molecule has 1 rings (SSSR count). The summed E-state index contributed by atoms with van der Waals surface area (Å²) in [5.74, 6) is 0.0748. The summed E-state index contributed by atoms with van der Waals surface area (Å²) in [5.41, 5.74) is 0.491. The highest BCUT2D eigenvalue weighted by molar-refractivity contribution is 5.78. The molecule has 1 amide bonds. The van der Waals surface area contributed by atoms with Gasteiger partial charge < -0.3 is 25.4 Å². The fraction of sp³-hybridized carbons (Fsp3) is 0.500. The van der Waals surface area contributed by atoms with Gasteiger partial charge in [0.2, 0.25) is 0 Å². The summed E-state index contributed by atoms with van der Waals surface area (Å²) in [6, 6.07) is 5.65. The highest BCUT2D eigenvalue weighted by Crippen LogP contribution is 2.18. The number of hydrogen-bond donors (Lipinski definition) is 4. The van der Waals surface area contributed by atoms with Crippen LogP contribution in [0.5, 0.6) is 5.75 Å². The standard InChI is InChI=1S/C14H21NO5/c1-10-3-4-11(2)12(5-10)20-6-13(19)15-14(7-16,8-17)9-18/h3-5,16-18H,6-9H2,1-2H3,(H,15,19). The van der Waals surface area contributed by atoms with E-state index in [9.17, 15) is 4.79 Å². The van der Waals surface area contributed by atoms with Gasteiger partial charge in [-0.25, -0.2) is 0 Å². The molecule has 1 aromatic carbocycles. The van der Waals surface area contributed by atoms with E-state index in [1.807, 2.05) is 32.0 Å². The molecule has 6 heteroatoms. The number of ether oxygens (including phenoxy) is 1. The maximum Gasteiger partial charge on any atom is 0.258 e. The van der Waals surface area contributed by atoms with Crippen LogP contribution in [-0.2, 0) is 4.79 Å². The number of hydrogen-bond acceptors (Lipinski definition) is 5. The molecule has 0 unspecified atom stereocenters. The fourth-order valence-corrected chi connectivity index (χ4v) is 1.61. The van der Waals surface area contributed by atoms with E-state index in [-0.39, 0.29) is 6.61 Å². The second kappa shape index (κ2) is 7.23. The molecule has 0 aliphatic rings. The molecule has 0 atom stereocenters. The third kappa shape index (κ3) is 4.19. The molecule has 0 saturated heterocycles. The molecule has 0 spiro atoms. The summed E-state index contributed by atoms with van der Waals surface area (Å²) < 4.78 is 5.40. The zero-order valence-electron chi connectivity index (χ0n) is 11.7. The molecular weight excluding hydrogens is 262 g/mol. The monoisotopic (exact) mass is 283 g/mol. The van der Waals surface area contributed by atoms with E-state index in [2.05, 4.69) is 5.32 Å². The van der Waals surface area contributed by atoms with Crippen molar-refractivity contribution in [2.45, 2.75) is 19.4 Å². The average Bonchev–Trinajstić information content (AvgIpc) is 2.46. The van der Waals surface area contributed by atoms with E-state index in [0.29, 0.717) is 5.75 Å². The van der Waals surface area contributed by atoms with Crippen molar-refractivity contribution in [3.63, 3.8) is 0 Å². The highest BCUT2D eigenvalue weighted by Gasteiger charge is 2.29. The van der Waals surface area contributed by atoms with Gasteiger partial charge in [0.05, 0.1) is 19.8 Å². The van der Waals surface area contributed by atoms with Gasteiger partial charge in [-0.2, -0.15) is 0 Å². The number of amides is 1. The van der Waals surface area contributed by atoms with Gasteiger partial charge in [0, 0.05) is 0 Å². The summed E-state index contributed by atoms with van der Waals surface area (Å²) >= 11 is 0. The molecule has 0 bridgehead atoms. The predicted octanol–water partition coefficient (Wildman–Crippen LogP) is -0.486. The molecule has 112 valence electrons. The number of rotatable bonds is 7. The molecule has 4 N–H and O–H groups in total. The van der Waals surface area contributed by atoms with Crippen molar-refractivity contribution in [3.8, 4) is 5.75 Å². The van der Waals surface area contributed by atoms with Gasteiger partial charge in [0.25, 0.3) is 5.91 Å². The first-order valence-corrected chi connectivity index (χ1v) is 6.30. The van der Waals surface area contributed by atoms with E-state index < -0.39 is 31.3 Å². The van der Waals surface area contributed by atoms with Gasteiger partial charge in [-0.05, 0) is 31.0 Å². The molecule has 0 aromatic heterocycles. The number of aliphatic hydroxyl groups is 3. The van der Waals surface area contributed by atoms with Crippen LogP contribution >= 0.6 is 0 Å². The largest absolute Gasteiger partial charge is 0.483 e. The molecular formula is C14H21NO5. The second-order valence-corrected chi connectivity index (χ2v) is 4.86. The van der Waals surface area contributed by atoms with Crippen molar-refractivity contribution in [2.24, 2.45) is 0 Å². The average molecular weight is 283 g/mol. The third-order valence-electron chi connectivity index (χ3n) is 3.01.